The molecule has 2 aliphatic rings. The van der Waals surface area contributed by atoms with Crippen molar-refractivity contribution in [2.24, 2.45) is 17.8 Å². The summed E-state index contributed by atoms with van der Waals surface area (Å²) in [5.74, 6) is 0.0912. The van der Waals surface area contributed by atoms with E-state index in [1.165, 1.54) is 20.3 Å². The summed E-state index contributed by atoms with van der Waals surface area (Å²) < 4.78 is 24.3. The van der Waals surface area contributed by atoms with Crippen molar-refractivity contribution in [3.8, 4) is 11.5 Å². The Labute approximate surface area is 122 Å². The number of nitrogens with zero attached hydrogens (tertiary/aromatic N) is 1. The molecule has 1 aliphatic carbocycles. The van der Waals surface area contributed by atoms with Crippen molar-refractivity contribution in [2.45, 2.75) is 6.54 Å². The Hall–Kier alpha value is -1.82. The summed E-state index contributed by atoms with van der Waals surface area (Å²) in [5, 5.41) is 9.00. The second-order valence-corrected chi connectivity index (χ2v) is 5.68. The van der Waals surface area contributed by atoms with Gasteiger partial charge in [-0.3, -0.25) is 9.69 Å². The average Bonchev–Trinajstić information content (AvgIpc) is 2.98. The van der Waals surface area contributed by atoms with E-state index in [2.05, 4.69) is 4.90 Å². The number of carboxylic acid groups (broad SMARTS) is 1. The SMILES string of the molecule is COc1cc(F)c(CN2C[C@@H]3C(C(=O)O)[C@@H]3C2)cc1OC. The maximum atomic E-state index is 14.1. The molecule has 1 saturated carbocycles. The van der Waals surface area contributed by atoms with Gasteiger partial charge in [0.2, 0.25) is 0 Å². The zero-order valence-electron chi connectivity index (χ0n) is 12.0. The van der Waals surface area contributed by atoms with E-state index in [-0.39, 0.29) is 23.6 Å². The Morgan fingerprint density at radius 3 is 2.38 bits per heavy atom. The minimum Gasteiger partial charge on any atom is -0.493 e. The Morgan fingerprint density at radius 1 is 1.29 bits per heavy atom. The summed E-state index contributed by atoms with van der Waals surface area (Å²) in [7, 11) is 2.99. The van der Waals surface area contributed by atoms with Crippen LogP contribution in [0.1, 0.15) is 5.56 Å². The van der Waals surface area contributed by atoms with Gasteiger partial charge in [0.25, 0.3) is 0 Å². The van der Waals surface area contributed by atoms with Crippen LogP contribution in [0.3, 0.4) is 0 Å². The van der Waals surface area contributed by atoms with Gasteiger partial charge in [0, 0.05) is 31.3 Å². The fraction of sp³-hybridized carbons (Fsp3) is 0.533. The molecule has 114 valence electrons. The molecule has 0 radical (unpaired) electrons. The molecular weight excluding hydrogens is 277 g/mol. The Balaban J connectivity index is 1.68. The van der Waals surface area contributed by atoms with Crippen LogP contribution in [0.2, 0.25) is 0 Å². The molecule has 1 heterocycles. The van der Waals surface area contributed by atoms with Crippen LogP contribution in [0.4, 0.5) is 4.39 Å². The molecule has 1 unspecified atom stereocenters. The van der Waals surface area contributed by atoms with Gasteiger partial charge in [-0.15, -0.1) is 0 Å². The minimum atomic E-state index is -0.707. The normalized spacial score (nSPS) is 27.3. The highest BCUT2D eigenvalue weighted by Gasteiger charge is 2.59. The van der Waals surface area contributed by atoms with E-state index in [9.17, 15) is 9.18 Å². The van der Waals surface area contributed by atoms with Gasteiger partial charge in [0.1, 0.15) is 5.82 Å². The molecule has 0 aromatic heterocycles. The highest BCUT2D eigenvalue weighted by molar-refractivity contribution is 5.74. The lowest BCUT2D eigenvalue weighted by Gasteiger charge is -2.20. The van der Waals surface area contributed by atoms with Crippen molar-refractivity contribution in [2.75, 3.05) is 27.3 Å². The fourth-order valence-corrected chi connectivity index (χ4v) is 3.37. The summed E-state index contributed by atoms with van der Waals surface area (Å²) in [4.78, 5) is 13.0. The lowest BCUT2D eigenvalue weighted by atomic mass is 10.1. The zero-order chi connectivity index (χ0) is 15.1. The number of carbonyl (C=O) groups is 1. The smallest absolute Gasteiger partial charge is 0.307 e. The van der Waals surface area contributed by atoms with Crippen molar-refractivity contribution in [1.29, 1.82) is 0 Å². The largest absolute Gasteiger partial charge is 0.493 e. The molecule has 1 N–H and O–H groups in total. The van der Waals surface area contributed by atoms with E-state index >= 15 is 0 Å². The van der Waals surface area contributed by atoms with E-state index in [1.54, 1.807) is 6.07 Å². The minimum absolute atomic E-state index is 0.198. The van der Waals surface area contributed by atoms with Gasteiger partial charge in [0.05, 0.1) is 20.1 Å². The van der Waals surface area contributed by atoms with Crippen LogP contribution >= 0.6 is 0 Å². The number of benzene rings is 1. The molecule has 2 fully saturated rings. The number of rotatable bonds is 5. The number of fused-ring (bicyclic) bond motifs is 1. The number of aliphatic carboxylic acids is 1. The second kappa shape index (κ2) is 5.18. The first-order valence-corrected chi connectivity index (χ1v) is 6.90. The van der Waals surface area contributed by atoms with Gasteiger partial charge in [-0.1, -0.05) is 0 Å². The number of piperidine rings is 1. The number of hydrogen-bond acceptors (Lipinski definition) is 4. The third-order valence-corrected chi connectivity index (χ3v) is 4.50. The maximum absolute atomic E-state index is 14.1. The van der Waals surface area contributed by atoms with E-state index < -0.39 is 5.97 Å². The standard InChI is InChI=1S/C15H18FNO4/c1-20-12-3-8(11(16)4-13(12)21-2)5-17-6-9-10(7-17)14(9)15(18)19/h3-4,9-10,14H,5-7H2,1-2H3,(H,18,19)/t9-,10+,14?. The molecule has 1 aromatic carbocycles. The molecule has 3 rings (SSSR count). The first-order chi connectivity index (χ1) is 10.0. The molecule has 0 amide bonds. The van der Waals surface area contributed by atoms with Crippen molar-refractivity contribution in [3.05, 3.63) is 23.5 Å². The lowest BCUT2D eigenvalue weighted by Crippen LogP contribution is -2.26. The van der Waals surface area contributed by atoms with Crippen LogP contribution in [0.5, 0.6) is 11.5 Å². The molecule has 0 spiro atoms. The van der Waals surface area contributed by atoms with Gasteiger partial charge < -0.3 is 14.6 Å². The van der Waals surface area contributed by atoms with Crippen LogP contribution in [-0.2, 0) is 11.3 Å². The summed E-state index contributed by atoms with van der Waals surface area (Å²) in [5.41, 5.74) is 0.542. The molecule has 21 heavy (non-hydrogen) atoms. The van der Waals surface area contributed by atoms with Crippen LogP contribution in [-0.4, -0.2) is 43.3 Å². The number of ether oxygens (including phenoxy) is 2. The third kappa shape index (κ3) is 2.44. The quantitative estimate of drug-likeness (QED) is 0.894. The molecule has 3 atom stereocenters. The molecule has 0 bridgehead atoms. The van der Waals surface area contributed by atoms with Crippen molar-refractivity contribution in [1.82, 2.24) is 4.90 Å². The molecule has 1 saturated heterocycles. The summed E-state index contributed by atoms with van der Waals surface area (Å²) in [6.45, 7) is 1.90. The first-order valence-electron chi connectivity index (χ1n) is 6.90. The van der Waals surface area contributed by atoms with Gasteiger partial charge in [-0.25, -0.2) is 4.39 Å². The number of carboxylic acids is 1. The van der Waals surface area contributed by atoms with Crippen LogP contribution in [0.25, 0.3) is 0 Å². The van der Waals surface area contributed by atoms with E-state index in [0.717, 1.165) is 13.1 Å². The Morgan fingerprint density at radius 2 is 1.86 bits per heavy atom. The van der Waals surface area contributed by atoms with Crippen molar-refractivity contribution in [3.63, 3.8) is 0 Å². The van der Waals surface area contributed by atoms with Crippen molar-refractivity contribution < 1.29 is 23.8 Å². The van der Waals surface area contributed by atoms with Crippen LogP contribution < -0.4 is 9.47 Å². The molecule has 1 aromatic rings. The van der Waals surface area contributed by atoms with Crippen LogP contribution in [0.15, 0.2) is 12.1 Å². The first kappa shape index (κ1) is 14.1. The molecule has 1 aliphatic heterocycles. The van der Waals surface area contributed by atoms with Gasteiger partial charge in [-0.05, 0) is 17.9 Å². The Bertz CT molecular complexity index is 565. The molecule has 6 heteroatoms. The van der Waals surface area contributed by atoms with E-state index in [1.807, 2.05) is 0 Å². The van der Waals surface area contributed by atoms with Crippen molar-refractivity contribution >= 4 is 5.97 Å². The lowest BCUT2D eigenvalue weighted by molar-refractivity contribution is -0.139. The summed E-state index contributed by atoms with van der Waals surface area (Å²) in [6, 6.07) is 2.97. The predicted octanol–water partition coefficient (Wildman–Crippen LogP) is 1.61. The van der Waals surface area contributed by atoms with Gasteiger partial charge in [-0.2, -0.15) is 0 Å². The topological polar surface area (TPSA) is 59.0 Å². The molecule has 5 nitrogen and oxygen atoms in total. The summed E-state index contributed by atoms with van der Waals surface area (Å²) in [6.07, 6.45) is 0. The second-order valence-electron chi connectivity index (χ2n) is 5.68. The number of methoxy groups -OCH3 is 2. The highest BCUT2D eigenvalue weighted by Crippen LogP contribution is 2.52. The third-order valence-electron chi connectivity index (χ3n) is 4.50. The number of halogens is 1. The van der Waals surface area contributed by atoms with Crippen LogP contribution in [0, 0.1) is 23.6 Å². The maximum Gasteiger partial charge on any atom is 0.307 e. The van der Waals surface area contributed by atoms with E-state index in [4.69, 9.17) is 14.6 Å². The van der Waals surface area contributed by atoms with Gasteiger partial charge >= 0.3 is 5.97 Å². The molecular formula is C15H18FNO4. The average molecular weight is 295 g/mol. The number of likely N-dealkylation sites (tertiary alicyclic amines) is 1. The van der Waals surface area contributed by atoms with E-state index in [0.29, 0.717) is 23.6 Å². The number of hydrogen-bond donors (Lipinski definition) is 1. The highest BCUT2D eigenvalue weighted by atomic mass is 19.1. The predicted molar refractivity (Wildman–Crippen MR) is 72.9 cm³/mol. The monoisotopic (exact) mass is 295 g/mol. The fourth-order valence-electron chi connectivity index (χ4n) is 3.37. The Kier molecular flexibility index (Phi) is 3.49. The zero-order valence-corrected chi connectivity index (χ0v) is 12.0. The summed E-state index contributed by atoms with van der Waals surface area (Å²) >= 11 is 0. The van der Waals surface area contributed by atoms with Gasteiger partial charge in [0.15, 0.2) is 11.5 Å².